The first-order valence-corrected chi connectivity index (χ1v) is 9.44. The molecule has 0 bridgehead atoms. The van der Waals surface area contributed by atoms with E-state index in [-0.39, 0.29) is 19.0 Å². The molecule has 2 aromatic heterocycles. The van der Waals surface area contributed by atoms with Gasteiger partial charge in [0.05, 0.1) is 24.4 Å². The van der Waals surface area contributed by atoms with Crippen molar-refractivity contribution in [1.82, 2.24) is 15.1 Å². The van der Waals surface area contributed by atoms with Gasteiger partial charge < -0.3 is 15.0 Å². The maximum absolute atomic E-state index is 13.1. The van der Waals surface area contributed by atoms with Gasteiger partial charge in [-0.2, -0.15) is 4.39 Å². The van der Waals surface area contributed by atoms with Crippen molar-refractivity contribution in [2.75, 3.05) is 23.4 Å². The summed E-state index contributed by atoms with van der Waals surface area (Å²) >= 11 is 0. The largest absolute Gasteiger partial charge is 0.439 e. The molecule has 0 saturated carbocycles. The number of morpholine rings is 1. The number of hydrogen-bond acceptors (Lipinski definition) is 7. The van der Waals surface area contributed by atoms with Gasteiger partial charge in [-0.05, 0) is 36.4 Å². The van der Waals surface area contributed by atoms with Crippen molar-refractivity contribution in [3.8, 4) is 11.4 Å². The summed E-state index contributed by atoms with van der Waals surface area (Å²) < 4.78 is 23.1. The van der Waals surface area contributed by atoms with Crippen molar-refractivity contribution < 1.29 is 23.2 Å². The average molecular weight is 427 g/mol. The van der Waals surface area contributed by atoms with E-state index < -0.39 is 35.5 Å². The van der Waals surface area contributed by atoms with Crippen molar-refractivity contribution in [2.45, 2.75) is 13.0 Å². The van der Waals surface area contributed by atoms with Gasteiger partial charge in [0.15, 0.2) is 5.82 Å². The van der Waals surface area contributed by atoms with E-state index in [4.69, 9.17) is 4.74 Å². The maximum Gasteiger partial charge on any atom is 0.439 e. The zero-order valence-electron chi connectivity index (χ0n) is 16.4. The van der Waals surface area contributed by atoms with Crippen LogP contribution >= 0.6 is 0 Å². The number of rotatable bonds is 5. The summed E-state index contributed by atoms with van der Waals surface area (Å²) in [5.74, 6) is -2.62. The van der Waals surface area contributed by atoms with Gasteiger partial charge >= 0.3 is 5.76 Å². The van der Waals surface area contributed by atoms with Gasteiger partial charge in [0.25, 0.3) is 5.91 Å². The topological polar surface area (TPSA) is 130 Å². The highest BCUT2D eigenvalue weighted by atomic mass is 19.1. The molecule has 0 spiro atoms. The second kappa shape index (κ2) is 8.48. The van der Waals surface area contributed by atoms with Gasteiger partial charge in [0.2, 0.25) is 11.9 Å². The Morgan fingerprint density at radius 1 is 1.26 bits per heavy atom. The van der Waals surface area contributed by atoms with Crippen LogP contribution in [0.2, 0.25) is 0 Å². The van der Waals surface area contributed by atoms with Gasteiger partial charge in [-0.3, -0.25) is 19.1 Å². The predicted octanol–water partition coefficient (Wildman–Crippen LogP) is 1.57. The van der Waals surface area contributed by atoms with Crippen LogP contribution in [0.3, 0.4) is 0 Å². The van der Waals surface area contributed by atoms with Gasteiger partial charge in [-0.25, -0.2) is 9.78 Å². The third-order valence-electron chi connectivity index (χ3n) is 4.88. The Kier molecular flexibility index (Phi) is 5.58. The van der Waals surface area contributed by atoms with Crippen molar-refractivity contribution in [1.29, 1.82) is 0 Å². The lowest BCUT2D eigenvalue weighted by atomic mass is 10.0. The number of aromatic amines is 1. The summed E-state index contributed by atoms with van der Waals surface area (Å²) in [5.41, 5.74) is 1.54. The van der Waals surface area contributed by atoms with E-state index in [1.54, 1.807) is 31.2 Å². The number of nitrogens with zero attached hydrogens (tertiary/aromatic N) is 3. The minimum absolute atomic E-state index is 0.232. The zero-order valence-corrected chi connectivity index (χ0v) is 16.4. The van der Waals surface area contributed by atoms with Crippen LogP contribution in [0.25, 0.3) is 11.4 Å². The molecule has 2 amide bonds. The molecular formula is C20H18FN5O5. The lowest BCUT2D eigenvalue weighted by molar-refractivity contribution is -0.143. The molecule has 0 radical (unpaired) electrons. The normalized spacial score (nSPS) is 17.4. The van der Waals surface area contributed by atoms with Gasteiger partial charge in [-0.15, -0.1) is 0 Å². The Morgan fingerprint density at radius 2 is 2.03 bits per heavy atom. The van der Waals surface area contributed by atoms with Crippen molar-refractivity contribution in [3.05, 3.63) is 59.1 Å². The highest BCUT2D eigenvalue weighted by Crippen LogP contribution is 2.23. The second-order valence-corrected chi connectivity index (χ2v) is 6.92. The average Bonchev–Trinajstić information content (AvgIpc) is 3.21. The molecule has 2 N–H and O–H groups in total. The van der Waals surface area contributed by atoms with Crippen LogP contribution in [0.1, 0.15) is 6.92 Å². The van der Waals surface area contributed by atoms with E-state index in [2.05, 4.69) is 25.0 Å². The minimum atomic E-state index is -0.988. The summed E-state index contributed by atoms with van der Waals surface area (Å²) in [4.78, 5) is 44.1. The fraction of sp³-hybridized carbons (Fsp3) is 0.250. The minimum Gasteiger partial charge on any atom is -0.366 e. The van der Waals surface area contributed by atoms with Crippen LogP contribution < -0.4 is 16.0 Å². The van der Waals surface area contributed by atoms with Crippen molar-refractivity contribution in [2.24, 2.45) is 5.92 Å². The van der Waals surface area contributed by atoms with E-state index in [9.17, 15) is 18.8 Å². The molecule has 2 atom stereocenters. The Bertz CT molecular complexity index is 1140. The smallest absolute Gasteiger partial charge is 0.366 e. The first-order valence-electron chi connectivity index (χ1n) is 9.44. The third-order valence-corrected chi connectivity index (χ3v) is 4.88. The fourth-order valence-corrected chi connectivity index (χ4v) is 3.21. The third kappa shape index (κ3) is 4.36. The predicted molar refractivity (Wildman–Crippen MR) is 107 cm³/mol. The quantitative estimate of drug-likeness (QED) is 0.591. The van der Waals surface area contributed by atoms with Crippen molar-refractivity contribution >= 4 is 23.2 Å². The molecule has 3 heterocycles. The molecule has 160 valence electrons. The summed E-state index contributed by atoms with van der Waals surface area (Å²) in [6.07, 6.45) is 0.280. The van der Waals surface area contributed by atoms with E-state index in [0.29, 0.717) is 16.9 Å². The zero-order chi connectivity index (χ0) is 22.0. The number of nitrogens with one attached hydrogen (secondary N) is 2. The van der Waals surface area contributed by atoms with E-state index in [1.165, 1.54) is 23.2 Å². The molecule has 0 aliphatic carbocycles. The molecule has 1 saturated heterocycles. The lowest BCUT2D eigenvalue weighted by Gasteiger charge is -2.34. The van der Waals surface area contributed by atoms with Crippen LogP contribution in [0.5, 0.6) is 0 Å². The molecule has 2 unspecified atom stereocenters. The fourth-order valence-electron chi connectivity index (χ4n) is 3.21. The SMILES string of the molecule is CC(C(=O)Nc1ccc(-c2noc(=O)[nH]2)cc1)C1OCCN(c2ccc(F)nc2)C1=O. The van der Waals surface area contributed by atoms with Gasteiger partial charge in [-0.1, -0.05) is 12.1 Å². The molecule has 31 heavy (non-hydrogen) atoms. The Labute approximate surface area is 175 Å². The Morgan fingerprint density at radius 3 is 2.68 bits per heavy atom. The second-order valence-electron chi connectivity index (χ2n) is 6.92. The number of anilines is 2. The van der Waals surface area contributed by atoms with Gasteiger partial charge in [0.1, 0.15) is 6.10 Å². The van der Waals surface area contributed by atoms with Crippen molar-refractivity contribution in [3.63, 3.8) is 0 Å². The first-order chi connectivity index (χ1) is 14.9. The van der Waals surface area contributed by atoms with E-state index in [1.807, 2.05) is 0 Å². The highest BCUT2D eigenvalue weighted by molar-refractivity contribution is 6.02. The summed E-state index contributed by atoms with van der Waals surface area (Å²) in [6.45, 7) is 2.11. The molecule has 3 aromatic rings. The molecule has 1 fully saturated rings. The van der Waals surface area contributed by atoms with Crippen LogP contribution in [0.15, 0.2) is 51.9 Å². The number of pyridine rings is 1. The molecule has 10 nitrogen and oxygen atoms in total. The summed E-state index contributed by atoms with van der Waals surface area (Å²) in [7, 11) is 0. The number of benzene rings is 1. The standard InChI is InChI=1S/C20H18FN5O5/c1-11(16-19(28)26(8-9-30-16)14-6-7-15(21)22-10-14)18(27)23-13-4-2-12(3-5-13)17-24-20(29)31-25-17/h2-7,10-11,16H,8-9H2,1H3,(H,23,27)(H,24,25,29). The number of carbonyl (C=O) groups excluding carboxylic acids is 2. The number of hydrogen-bond donors (Lipinski definition) is 2. The highest BCUT2D eigenvalue weighted by Gasteiger charge is 2.37. The molecule has 11 heteroatoms. The molecule has 1 aliphatic heterocycles. The number of aromatic nitrogens is 3. The molecule has 4 rings (SSSR count). The van der Waals surface area contributed by atoms with Crippen LogP contribution in [-0.4, -0.2) is 46.2 Å². The van der Waals surface area contributed by atoms with E-state index >= 15 is 0 Å². The monoisotopic (exact) mass is 427 g/mol. The molecule has 1 aromatic carbocycles. The van der Waals surface area contributed by atoms with Crippen LogP contribution in [-0.2, 0) is 14.3 Å². The number of ether oxygens (including phenoxy) is 1. The number of carbonyl (C=O) groups is 2. The Hall–Kier alpha value is -3.86. The summed E-state index contributed by atoms with van der Waals surface area (Å²) in [6, 6.07) is 9.19. The summed E-state index contributed by atoms with van der Waals surface area (Å²) in [5, 5.41) is 6.34. The number of amides is 2. The van der Waals surface area contributed by atoms with Gasteiger partial charge in [0, 0.05) is 17.8 Å². The Balaban J connectivity index is 1.43. The molecular weight excluding hydrogens is 409 g/mol. The lowest BCUT2D eigenvalue weighted by Crippen LogP contribution is -2.52. The van der Waals surface area contributed by atoms with Crippen LogP contribution in [0, 0.1) is 11.9 Å². The number of H-pyrrole nitrogens is 1. The van der Waals surface area contributed by atoms with Crippen LogP contribution in [0.4, 0.5) is 15.8 Å². The maximum atomic E-state index is 13.1. The number of halogens is 1. The molecule has 1 aliphatic rings. The van der Waals surface area contributed by atoms with E-state index in [0.717, 1.165) is 0 Å². The first kappa shape index (κ1) is 20.4.